The van der Waals surface area contributed by atoms with Crippen LogP contribution in [0.4, 0.5) is 4.39 Å². The Hall–Kier alpha value is -1.29. The van der Waals surface area contributed by atoms with Gasteiger partial charge in [0.1, 0.15) is 12.4 Å². The lowest BCUT2D eigenvalue weighted by molar-refractivity contribution is 0.0419. The number of halogens is 1. The van der Waals surface area contributed by atoms with Gasteiger partial charge in [0, 0.05) is 17.1 Å². The standard InChI is InChI=1S/C17H26FNO2/c1-6-9-19(17(2,3)4)12-10-13-15(20-5)8-7-14(18)16(13)21-11-12/h7-8,12H,6,9-11H2,1-5H3. The Labute approximate surface area is 127 Å². The van der Waals surface area contributed by atoms with Gasteiger partial charge in [-0.2, -0.15) is 0 Å². The first-order chi connectivity index (χ1) is 9.88. The van der Waals surface area contributed by atoms with Gasteiger partial charge in [0.05, 0.1) is 7.11 Å². The maximum absolute atomic E-state index is 13.9. The van der Waals surface area contributed by atoms with Gasteiger partial charge < -0.3 is 9.47 Å². The third-order valence-corrected chi connectivity index (χ3v) is 4.02. The van der Waals surface area contributed by atoms with Crippen molar-refractivity contribution in [3.05, 3.63) is 23.5 Å². The van der Waals surface area contributed by atoms with Crippen molar-refractivity contribution < 1.29 is 13.9 Å². The Balaban J connectivity index is 2.31. The van der Waals surface area contributed by atoms with Crippen LogP contribution >= 0.6 is 0 Å². The maximum Gasteiger partial charge on any atom is 0.165 e. The van der Waals surface area contributed by atoms with Crippen LogP contribution in [0.5, 0.6) is 11.5 Å². The van der Waals surface area contributed by atoms with Crippen molar-refractivity contribution in [2.24, 2.45) is 0 Å². The summed E-state index contributed by atoms with van der Waals surface area (Å²) < 4.78 is 25.0. The minimum absolute atomic E-state index is 0.0576. The van der Waals surface area contributed by atoms with Crippen LogP contribution < -0.4 is 9.47 Å². The monoisotopic (exact) mass is 295 g/mol. The van der Waals surface area contributed by atoms with Crippen molar-refractivity contribution in [3.8, 4) is 11.5 Å². The van der Waals surface area contributed by atoms with Crippen LogP contribution in [0.3, 0.4) is 0 Å². The van der Waals surface area contributed by atoms with Crippen LogP contribution in [0.2, 0.25) is 0 Å². The molecule has 0 saturated heterocycles. The summed E-state index contributed by atoms with van der Waals surface area (Å²) in [4.78, 5) is 2.44. The van der Waals surface area contributed by atoms with Crippen LogP contribution in [0.15, 0.2) is 12.1 Å². The molecule has 1 unspecified atom stereocenters. The van der Waals surface area contributed by atoms with Gasteiger partial charge in [-0.15, -0.1) is 0 Å². The summed E-state index contributed by atoms with van der Waals surface area (Å²) in [6, 6.07) is 3.33. The zero-order valence-corrected chi connectivity index (χ0v) is 13.7. The molecular formula is C17H26FNO2. The lowest BCUT2D eigenvalue weighted by Crippen LogP contribution is -2.52. The molecule has 21 heavy (non-hydrogen) atoms. The molecule has 0 bridgehead atoms. The summed E-state index contributed by atoms with van der Waals surface area (Å²) in [5.74, 6) is 0.763. The molecular weight excluding hydrogens is 269 g/mol. The lowest BCUT2D eigenvalue weighted by Gasteiger charge is -2.43. The molecule has 1 aromatic carbocycles. The molecule has 1 atom stereocenters. The molecule has 4 heteroatoms. The SMILES string of the molecule is CCCN(C1COc2c(F)ccc(OC)c2C1)C(C)(C)C. The molecule has 0 fully saturated rings. The van der Waals surface area contributed by atoms with E-state index in [1.54, 1.807) is 13.2 Å². The number of nitrogens with zero attached hydrogens (tertiary/aromatic N) is 1. The molecule has 3 nitrogen and oxygen atoms in total. The van der Waals surface area contributed by atoms with E-state index in [1.807, 2.05) is 0 Å². The van der Waals surface area contributed by atoms with Crippen LogP contribution in [0, 0.1) is 5.82 Å². The fraction of sp³-hybridized carbons (Fsp3) is 0.647. The van der Waals surface area contributed by atoms with Crippen molar-refractivity contribution >= 4 is 0 Å². The van der Waals surface area contributed by atoms with E-state index in [9.17, 15) is 4.39 Å². The molecule has 1 aliphatic heterocycles. The first kappa shape index (κ1) is 16.1. The Morgan fingerprint density at radius 2 is 2.10 bits per heavy atom. The predicted molar refractivity (Wildman–Crippen MR) is 82.7 cm³/mol. The third kappa shape index (κ3) is 3.31. The number of ether oxygens (including phenoxy) is 2. The molecule has 1 aromatic rings. The van der Waals surface area contributed by atoms with E-state index in [2.05, 4.69) is 32.6 Å². The van der Waals surface area contributed by atoms with E-state index < -0.39 is 0 Å². The summed E-state index contributed by atoms with van der Waals surface area (Å²) in [5.41, 5.74) is 0.904. The first-order valence-electron chi connectivity index (χ1n) is 7.63. The second-order valence-corrected chi connectivity index (χ2v) is 6.59. The minimum atomic E-state index is -0.304. The van der Waals surface area contributed by atoms with Gasteiger partial charge >= 0.3 is 0 Å². The highest BCUT2D eigenvalue weighted by molar-refractivity contribution is 5.47. The highest BCUT2D eigenvalue weighted by atomic mass is 19.1. The van der Waals surface area contributed by atoms with Crippen LogP contribution in [-0.2, 0) is 6.42 Å². The van der Waals surface area contributed by atoms with Gasteiger partial charge in [-0.25, -0.2) is 4.39 Å². The Bertz CT molecular complexity index is 496. The highest BCUT2D eigenvalue weighted by Crippen LogP contribution is 2.37. The van der Waals surface area contributed by atoms with Crippen molar-refractivity contribution in [1.82, 2.24) is 4.90 Å². The zero-order chi connectivity index (χ0) is 15.6. The summed E-state index contributed by atoms with van der Waals surface area (Å²) in [5, 5.41) is 0. The first-order valence-corrected chi connectivity index (χ1v) is 7.63. The second kappa shape index (κ2) is 6.22. The van der Waals surface area contributed by atoms with E-state index in [0.717, 1.165) is 24.9 Å². The molecule has 0 saturated carbocycles. The number of hydrogen-bond donors (Lipinski definition) is 0. The molecule has 1 aliphatic rings. The van der Waals surface area contributed by atoms with Crippen LogP contribution in [0.1, 0.15) is 39.7 Å². The van der Waals surface area contributed by atoms with Gasteiger partial charge in [0.2, 0.25) is 0 Å². The van der Waals surface area contributed by atoms with Crippen molar-refractivity contribution in [2.75, 3.05) is 20.3 Å². The highest BCUT2D eigenvalue weighted by Gasteiger charge is 2.34. The van der Waals surface area contributed by atoms with Gasteiger partial charge in [-0.1, -0.05) is 6.92 Å². The molecule has 1 heterocycles. The summed E-state index contributed by atoms with van der Waals surface area (Å²) in [7, 11) is 1.62. The normalized spacial score (nSPS) is 18.3. The fourth-order valence-electron chi connectivity index (χ4n) is 3.10. The Morgan fingerprint density at radius 1 is 1.38 bits per heavy atom. The van der Waals surface area contributed by atoms with E-state index >= 15 is 0 Å². The van der Waals surface area contributed by atoms with Crippen LogP contribution in [0.25, 0.3) is 0 Å². The van der Waals surface area contributed by atoms with E-state index in [0.29, 0.717) is 18.1 Å². The summed E-state index contributed by atoms with van der Waals surface area (Å²) in [6.45, 7) is 10.3. The summed E-state index contributed by atoms with van der Waals surface area (Å²) >= 11 is 0. The van der Waals surface area contributed by atoms with Gasteiger partial charge in [0.15, 0.2) is 11.6 Å². The molecule has 118 valence electrons. The third-order valence-electron chi connectivity index (χ3n) is 4.02. The molecule has 0 N–H and O–H groups in total. The number of methoxy groups -OCH3 is 1. The quantitative estimate of drug-likeness (QED) is 0.846. The van der Waals surface area contributed by atoms with Crippen molar-refractivity contribution in [1.29, 1.82) is 0 Å². The molecule has 0 aliphatic carbocycles. The molecule has 2 rings (SSSR count). The van der Waals surface area contributed by atoms with Gasteiger partial charge in [0.25, 0.3) is 0 Å². The van der Waals surface area contributed by atoms with E-state index in [-0.39, 0.29) is 17.4 Å². The minimum Gasteiger partial charge on any atom is -0.496 e. The smallest absolute Gasteiger partial charge is 0.165 e. The number of benzene rings is 1. The van der Waals surface area contributed by atoms with E-state index in [4.69, 9.17) is 9.47 Å². The Morgan fingerprint density at radius 3 is 2.67 bits per heavy atom. The maximum atomic E-state index is 13.9. The van der Waals surface area contributed by atoms with Crippen molar-refractivity contribution in [2.45, 2.75) is 52.1 Å². The predicted octanol–water partition coefficient (Wildman–Crippen LogP) is 3.65. The van der Waals surface area contributed by atoms with Crippen molar-refractivity contribution in [3.63, 3.8) is 0 Å². The second-order valence-electron chi connectivity index (χ2n) is 6.59. The van der Waals surface area contributed by atoms with Gasteiger partial charge in [-0.05, 0) is 52.3 Å². The topological polar surface area (TPSA) is 21.7 Å². The average molecular weight is 295 g/mol. The average Bonchev–Trinajstić information content (AvgIpc) is 2.43. The molecule has 0 aromatic heterocycles. The van der Waals surface area contributed by atoms with Gasteiger partial charge in [-0.3, -0.25) is 4.90 Å². The lowest BCUT2D eigenvalue weighted by atomic mass is 9.95. The largest absolute Gasteiger partial charge is 0.496 e. The molecule has 0 amide bonds. The van der Waals surface area contributed by atoms with Crippen LogP contribution in [-0.4, -0.2) is 36.7 Å². The molecule has 0 spiro atoms. The number of rotatable bonds is 4. The summed E-state index contributed by atoms with van der Waals surface area (Å²) in [6.07, 6.45) is 1.84. The fourth-order valence-corrected chi connectivity index (χ4v) is 3.10. The Kier molecular flexibility index (Phi) is 4.77. The molecule has 0 radical (unpaired) electrons. The van der Waals surface area contributed by atoms with E-state index in [1.165, 1.54) is 6.07 Å². The number of hydrogen-bond acceptors (Lipinski definition) is 3. The zero-order valence-electron chi connectivity index (χ0n) is 13.7. The number of fused-ring (bicyclic) bond motifs is 1.